The predicted octanol–water partition coefficient (Wildman–Crippen LogP) is 3.75. The van der Waals surface area contributed by atoms with Gasteiger partial charge in [0.05, 0.1) is 23.3 Å². The van der Waals surface area contributed by atoms with E-state index in [9.17, 15) is 19.7 Å². The van der Waals surface area contributed by atoms with Crippen molar-refractivity contribution in [3.05, 3.63) is 88.4 Å². The van der Waals surface area contributed by atoms with Gasteiger partial charge in [-0.3, -0.25) is 14.9 Å². The Morgan fingerprint density at radius 2 is 1.90 bits per heavy atom. The third-order valence-corrected chi connectivity index (χ3v) is 4.21. The normalized spacial score (nSPS) is 10.3. The average Bonchev–Trinajstić information content (AvgIpc) is 3.25. The van der Waals surface area contributed by atoms with Crippen molar-refractivity contribution in [1.29, 1.82) is 0 Å². The van der Waals surface area contributed by atoms with Gasteiger partial charge in [0, 0.05) is 18.8 Å². The molecule has 154 valence electrons. The lowest BCUT2D eigenvalue weighted by molar-refractivity contribution is -0.383. The fourth-order valence-electron chi connectivity index (χ4n) is 2.64. The number of hydrogen-bond acceptors (Lipinski definition) is 7. The van der Waals surface area contributed by atoms with Crippen molar-refractivity contribution in [2.24, 2.45) is 0 Å². The largest absolute Gasteiger partial charge is 0.467 e. The van der Waals surface area contributed by atoms with E-state index in [0.29, 0.717) is 11.4 Å². The lowest BCUT2D eigenvalue weighted by Gasteiger charge is -2.15. The van der Waals surface area contributed by atoms with Crippen LogP contribution in [0.3, 0.4) is 0 Å². The van der Waals surface area contributed by atoms with E-state index in [4.69, 9.17) is 9.15 Å². The first-order valence-corrected chi connectivity index (χ1v) is 8.98. The summed E-state index contributed by atoms with van der Waals surface area (Å²) in [5.41, 5.74) is 0.592. The minimum atomic E-state index is -0.830. The van der Waals surface area contributed by atoms with E-state index in [1.165, 1.54) is 23.3 Å². The van der Waals surface area contributed by atoms with Gasteiger partial charge in [-0.15, -0.1) is 0 Å². The van der Waals surface area contributed by atoms with Crippen molar-refractivity contribution in [1.82, 2.24) is 4.90 Å². The lowest BCUT2D eigenvalue weighted by Crippen LogP contribution is -2.30. The van der Waals surface area contributed by atoms with Crippen LogP contribution in [0, 0.1) is 10.1 Å². The molecule has 0 saturated heterocycles. The number of furan rings is 1. The van der Waals surface area contributed by atoms with E-state index in [0.717, 1.165) is 6.07 Å². The monoisotopic (exact) mass is 409 g/mol. The maximum atomic E-state index is 12.3. The first-order chi connectivity index (χ1) is 14.4. The summed E-state index contributed by atoms with van der Waals surface area (Å²) >= 11 is 0. The zero-order valence-corrected chi connectivity index (χ0v) is 16.1. The number of likely N-dealkylation sites (N-methyl/N-ethyl adjacent to an activating group) is 1. The second-order valence-corrected chi connectivity index (χ2v) is 6.39. The van der Waals surface area contributed by atoms with Gasteiger partial charge >= 0.3 is 5.97 Å². The third kappa shape index (κ3) is 5.22. The van der Waals surface area contributed by atoms with E-state index < -0.39 is 23.4 Å². The van der Waals surface area contributed by atoms with Gasteiger partial charge < -0.3 is 19.4 Å². The molecule has 0 aliphatic carbocycles. The summed E-state index contributed by atoms with van der Waals surface area (Å²) < 4.78 is 10.2. The number of carbonyl (C=O) groups excluding carboxylic acids is 2. The molecular weight excluding hydrogens is 390 g/mol. The van der Waals surface area contributed by atoms with Crippen LogP contribution in [-0.4, -0.2) is 35.4 Å². The molecule has 0 bridgehead atoms. The van der Waals surface area contributed by atoms with Gasteiger partial charge in [-0.25, -0.2) is 4.79 Å². The van der Waals surface area contributed by atoms with Gasteiger partial charge in [0.1, 0.15) is 11.4 Å². The van der Waals surface area contributed by atoms with E-state index in [1.807, 2.05) is 6.07 Å². The van der Waals surface area contributed by atoms with E-state index in [1.54, 1.807) is 43.4 Å². The molecule has 9 heteroatoms. The van der Waals surface area contributed by atoms with Crippen LogP contribution >= 0.6 is 0 Å². The first kappa shape index (κ1) is 20.6. The predicted molar refractivity (Wildman–Crippen MR) is 108 cm³/mol. The number of nitro benzene ring substituents is 1. The molecule has 0 aliphatic heterocycles. The summed E-state index contributed by atoms with van der Waals surface area (Å²) in [5, 5.41) is 14.4. The number of ether oxygens (including phenoxy) is 1. The molecule has 0 aliphatic rings. The van der Waals surface area contributed by atoms with Crippen molar-refractivity contribution in [2.75, 3.05) is 19.0 Å². The summed E-state index contributed by atoms with van der Waals surface area (Å²) in [6, 6.07) is 16.3. The molecular formula is C21H19N3O6. The van der Waals surface area contributed by atoms with Gasteiger partial charge in [-0.2, -0.15) is 0 Å². The van der Waals surface area contributed by atoms with E-state index in [2.05, 4.69) is 5.32 Å². The Bertz CT molecular complexity index is 1030. The second-order valence-electron chi connectivity index (χ2n) is 6.39. The number of benzene rings is 2. The number of amides is 1. The number of esters is 1. The molecule has 30 heavy (non-hydrogen) atoms. The molecule has 3 aromatic rings. The minimum absolute atomic E-state index is 0.0261. The van der Waals surface area contributed by atoms with Gasteiger partial charge in [0.15, 0.2) is 6.61 Å². The highest BCUT2D eigenvalue weighted by Gasteiger charge is 2.20. The Hall–Kier alpha value is -4.14. The van der Waals surface area contributed by atoms with E-state index >= 15 is 0 Å². The molecule has 9 nitrogen and oxygen atoms in total. The number of nitrogens with zero attached hydrogens (tertiary/aromatic N) is 2. The number of para-hydroxylation sites is 1. The van der Waals surface area contributed by atoms with Crippen LogP contribution < -0.4 is 5.32 Å². The van der Waals surface area contributed by atoms with Crippen LogP contribution in [-0.2, 0) is 16.1 Å². The fourth-order valence-corrected chi connectivity index (χ4v) is 2.64. The summed E-state index contributed by atoms with van der Waals surface area (Å²) in [4.78, 5) is 36.6. The van der Waals surface area contributed by atoms with E-state index in [-0.39, 0.29) is 23.5 Å². The highest BCUT2D eigenvalue weighted by Crippen LogP contribution is 2.29. The van der Waals surface area contributed by atoms with Crippen molar-refractivity contribution in [2.45, 2.75) is 6.54 Å². The SMILES string of the molecule is CN(Cc1ccco1)C(=O)COC(=O)c1ccc(Nc2ccccc2)c([N+](=O)[O-])c1. The molecule has 0 unspecified atom stereocenters. The highest BCUT2D eigenvalue weighted by atomic mass is 16.6. The van der Waals surface area contributed by atoms with Crippen molar-refractivity contribution >= 4 is 28.9 Å². The number of rotatable bonds is 8. The zero-order chi connectivity index (χ0) is 21.5. The first-order valence-electron chi connectivity index (χ1n) is 8.98. The Balaban J connectivity index is 1.64. The summed E-state index contributed by atoms with van der Waals surface area (Å²) in [6.07, 6.45) is 1.50. The molecule has 0 atom stereocenters. The van der Waals surface area contributed by atoms with Crippen LogP contribution in [0.2, 0.25) is 0 Å². The smallest absolute Gasteiger partial charge is 0.338 e. The van der Waals surface area contributed by atoms with Crippen LogP contribution in [0.4, 0.5) is 17.1 Å². The Morgan fingerprint density at radius 3 is 2.57 bits per heavy atom. The number of hydrogen-bond donors (Lipinski definition) is 1. The quantitative estimate of drug-likeness (QED) is 0.342. The molecule has 3 rings (SSSR count). The summed E-state index contributed by atoms with van der Waals surface area (Å²) in [5.74, 6) is -0.671. The Morgan fingerprint density at radius 1 is 1.13 bits per heavy atom. The van der Waals surface area contributed by atoms with Gasteiger partial charge in [-0.05, 0) is 36.4 Å². The molecule has 1 amide bonds. The highest BCUT2D eigenvalue weighted by molar-refractivity contribution is 5.93. The zero-order valence-electron chi connectivity index (χ0n) is 16.1. The Kier molecular flexibility index (Phi) is 6.43. The average molecular weight is 409 g/mol. The molecule has 0 fully saturated rings. The molecule has 2 aromatic carbocycles. The number of nitro groups is 1. The summed E-state index contributed by atoms with van der Waals surface area (Å²) in [6.45, 7) is -0.261. The topological polar surface area (TPSA) is 115 Å². The third-order valence-electron chi connectivity index (χ3n) is 4.21. The molecule has 0 spiro atoms. The number of nitrogens with one attached hydrogen (secondary N) is 1. The number of carbonyl (C=O) groups is 2. The maximum absolute atomic E-state index is 12.3. The number of anilines is 2. The molecule has 0 saturated carbocycles. The minimum Gasteiger partial charge on any atom is -0.467 e. The van der Waals surface area contributed by atoms with Crippen LogP contribution in [0.1, 0.15) is 16.1 Å². The summed E-state index contributed by atoms with van der Waals surface area (Å²) in [7, 11) is 1.55. The van der Waals surface area contributed by atoms with Crippen LogP contribution in [0.5, 0.6) is 0 Å². The molecule has 1 heterocycles. The standard InChI is InChI=1S/C21H19N3O6/c1-23(13-17-8-5-11-29-17)20(25)14-30-21(26)15-9-10-18(19(12-15)24(27)28)22-16-6-3-2-4-7-16/h2-12,22H,13-14H2,1H3. The van der Waals surface area contributed by atoms with Gasteiger partial charge in [-0.1, -0.05) is 18.2 Å². The lowest BCUT2D eigenvalue weighted by atomic mass is 10.1. The molecule has 0 radical (unpaired) electrons. The van der Waals surface area contributed by atoms with Crippen LogP contribution in [0.15, 0.2) is 71.3 Å². The van der Waals surface area contributed by atoms with Crippen molar-refractivity contribution in [3.63, 3.8) is 0 Å². The van der Waals surface area contributed by atoms with Crippen molar-refractivity contribution in [3.8, 4) is 0 Å². The molecule has 1 aromatic heterocycles. The fraction of sp³-hybridized carbons (Fsp3) is 0.143. The second kappa shape index (κ2) is 9.37. The Labute approximate surface area is 172 Å². The van der Waals surface area contributed by atoms with Gasteiger partial charge in [0.2, 0.25) is 0 Å². The maximum Gasteiger partial charge on any atom is 0.338 e. The van der Waals surface area contributed by atoms with Crippen LogP contribution in [0.25, 0.3) is 0 Å². The molecule has 1 N–H and O–H groups in total. The van der Waals surface area contributed by atoms with Gasteiger partial charge in [0.25, 0.3) is 11.6 Å². The van der Waals surface area contributed by atoms with Crippen molar-refractivity contribution < 1.29 is 23.7 Å².